The Bertz CT molecular complexity index is 342. The van der Waals surface area contributed by atoms with Crippen LogP contribution < -0.4 is 0 Å². The highest BCUT2D eigenvalue weighted by molar-refractivity contribution is 8.00. The van der Waals surface area contributed by atoms with Gasteiger partial charge in [-0.3, -0.25) is 4.79 Å². The van der Waals surface area contributed by atoms with Gasteiger partial charge in [-0.15, -0.1) is 11.3 Å². The van der Waals surface area contributed by atoms with Crippen molar-refractivity contribution in [1.29, 1.82) is 0 Å². The van der Waals surface area contributed by atoms with E-state index in [0.29, 0.717) is 5.78 Å². The second kappa shape index (κ2) is 4.71. The molecule has 1 aromatic rings. The molecule has 0 radical (unpaired) electrons. The van der Waals surface area contributed by atoms with Crippen LogP contribution in [0.25, 0.3) is 0 Å². The zero-order valence-electron chi connectivity index (χ0n) is 9.21. The average molecular weight is 240 g/mol. The number of carbonyl (C=O) groups excluding carboxylic acids is 1. The number of carbonyl (C=O) groups is 1. The summed E-state index contributed by atoms with van der Waals surface area (Å²) >= 11 is 3.49. The molecule has 1 unspecified atom stereocenters. The fourth-order valence-electron chi connectivity index (χ4n) is 1.80. The van der Waals surface area contributed by atoms with Crippen LogP contribution in [-0.4, -0.2) is 16.8 Å². The van der Waals surface area contributed by atoms with Gasteiger partial charge < -0.3 is 0 Å². The molecule has 15 heavy (non-hydrogen) atoms. The van der Waals surface area contributed by atoms with Gasteiger partial charge in [-0.1, -0.05) is 6.42 Å². The van der Waals surface area contributed by atoms with Gasteiger partial charge in [-0.2, -0.15) is 11.8 Å². The lowest BCUT2D eigenvalue weighted by Gasteiger charge is -2.19. The first-order valence-electron chi connectivity index (χ1n) is 5.41. The summed E-state index contributed by atoms with van der Waals surface area (Å²) in [6.07, 6.45) is 3.56. The molecule has 1 aromatic heterocycles. The molecule has 0 amide bonds. The fraction of sp³-hybridized carbons (Fsp3) is 0.583. The van der Waals surface area contributed by atoms with Gasteiger partial charge >= 0.3 is 0 Å². The van der Waals surface area contributed by atoms with Crippen molar-refractivity contribution in [3.8, 4) is 0 Å². The SMILES string of the molecule is Cc1cc(C(=O)C2CCCCS2)sc1C. The van der Waals surface area contributed by atoms with Crippen molar-refractivity contribution < 1.29 is 4.79 Å². The van der Waals surface area contributed by atoms with Crippen molar-refractivity contribution in [2.24, 2.45) is 0 Å². The molecule has 3 heteroatoms. The third kappa shape index (κ3) is 2.45. The number of ketones is 1. The molecule has 2 rings (SSSR count). The fourth-order valence-corrected chi connectivity index (χ4v) is 4.17. The topological polar surface area (TPSA) is 17.1 Å². The van der Waals surface area contributed by atoms with Gasteiger partial charge in [0.1, 0.15) is 0 Å². The highest BCUT2D eigenvalue weighted by atomic mass is 32.2. The molecule has 1 aliphatic rings. The van der Waals surface area contributed by atoms with E-state index in [4.69, 9.17) is 0 Å². The van der Waals surface area contributed by atoms with Crippen molar-refractivity contribution in [3.05, 3.63) is 21.4 Å². The number of hydrogen-bond donors (Lipinski definition) is 0. The third-order valence-corrected chi connectivity index (χ3v) is 5.42. The zero-order valence-corrected chi connectivity index (χ0v) is 10.8. The Kier molecular flexibility index (Phi) is 3.52. The quantitative estimate of drug-likeness (QED) is 0.731. The Morgan fingerprint density at radius 3 is 2.73 bits per heavy atom. The van der Waals surface area contributed by atoms with E-state index in [1.807, 2.05) is 11.8 Å². The van der Waals surface area contributed by atoms with Crippen molar-refractivity contribution in [2.45, 2.75) is 38.4 Å². The maximum atomic E-state index is 12.2. The van der Waals surface area contributed by atoms with Gasteiger partial charge in [0.05, 0.1) is 10.1 Å². The van der Waals surface area contributed by atoms with Crippen LogP contribution in [0.5, 0.6) is 0 Å². The molecule has 0 spiro atoms. The first-order chi connectivity index (χ1) is 7.18. The summed E-state index contributed by atoms with van der Waals surface area (Å²) in [6.45, 7) is 4.17. The Balaban J connectivity index is 2.12. The molecule has 1 fully saturated rings. The number of thioether (sulfide) groups is 1. The van der Waals surface area contributed by atoms with Crippen LogP contribution in [0, 0.1) is 13.8 Å². The number of hydrogen-bond acceptors (Lipinski definition) is 3. The number of thiophene rings is 1. The van der Waals surface area contributed by atoms with Crippen LogP contribution in [0.4, 0.5) is 0 Å². The maximum Gasteiger partial charge on any atom is 0.185 e. The van der Waals surface area contributed by atoms with Crippen molar-refractivity contribution in [2.75, 3.05) is 5.75 Å². The molecule has 2 heterocycles. The molecule has 1 nitrogen and oxygen atoms in total. The summed E-state index contributed by atoms with van der Waals surface area (Å²) in [6, 6.07) is 2.05. The monoisotopic (exact) mass is 240 g/mol. The average Bonchev–Trinajstić information content (AvgIpc) is 2.59. The van der Waals surface area contributed by atoms with Gasteiger partial charge in [0, 0.05) is 4.88 Å². The van der Waals surface area contributed by atoms with Gasteiger partial charge in [0.25, 0.3) is 0 Å². The number of Topliss-reactive ketones (excluding diaryl/α,β-unsaturated/α-hetero) is 1. The van der Waals surface area contributed by atoms with E-state index in [1.54, 1.807) is 11.3 Å². The molecule has 0 saturated carbocycles. The second-order valence-corrected chi connectivity index (χ2v) is 6.64. The Labute approximate surface area is 99.3 Å². The van der Waals surface area contributed by atoms with Gasteiger partial charge in [0.15, 0.2) is 5.78 Å². The number of rotatable bonds is 2. The van der Waals surface area contributed by atoms with Crippen LogP contribution in [0.3, 0.4) is 0 Å². The third-order valence-electron chi connectivity index (χ3n) is 2.88. The first kappa shape index (κ1) is 11.2. The van der Waals surface area contributed by atoms with Gasteiger partial charge in [0.2, 0.25) is 0 Å². The van der Waals surface area contributed by atoms with E-state index in [0.717, 1.165) is 17.1 Å². The second-order valence-electron chi connectivity index (χ2n) is 4.07. The van der Waals surface area contributed by atoms with E-state index in [1.165, 1.54) is 23.3 Å². The molecular formula is C12H16OS2. The minimum absolute atomic E-state index is 0.233. The standard InChI is InChI=1S/C12H16OS2/c1-8-7-11(15-9(8)2)12(13)10-5-3-4-6-14-10/h7,10H,3-6H2,1-2H3. The Morgan fingerprint density at radius 1 is 1.40 bits per heavy atom. The molecular weight excluding hydrogens is 224 g/mol. The minimum atomic E-state index is 0.233. The highest BCUT2D eigenvalue weighted by Gasteiger charge is 2.24. The molecule has 0 aliphatic carbocycles. The van der Waals surface area contributed by atoms with Crippen LogP contribution in [0.2, 0.25) is 0 Å². The summed E-state index contributed by atoms with van der Waals surface area (Å²) in [4.78, 5) is 14.4. The van der Waals surface area contributed by atoms with Gasteiger partial charge in [-0.25, -0.2) is 0 Å². The molecule has 0 aromatic carbocycles. The Morgan fingerprint density at radius 2 is 2.20 bits per heavy atom. The summed E-state index contributed by atoms with van der Waals surface area (Å²) < 4.78 is 0. The largest absolute Gasteiger partial charge is 0.292 e. The molecule has 0 bridgehead atoms. The summed E-state index contributed by atoms with van der Waals surface area (Å²) in [5, 5.41) is 0.233. The van der Waals surface area contributed by atoms with Crippen molar-refractivity contribution >= 4 is 28.9 Å². The zero-order chi connectivity index (χ0) is 10.8. The van der Waals surface area contributed by atoms with Crippen LogP contribution in [0.1, 0.15) is 39.4 Å². The molecule has 82 valence electrons. The minimum Gasteiger partial charge on any atom is -0.292 e. The van der Waals surface area contributed by atoms with E-state index < -0.39 is 0 Å². The summed E-state index contributed by atoms with van der Waals surface area (Å²) in [5.41, 5.74) is 1.25. The Hall–Kier alpha value is -0.280. The van der Waals surface area contributed by atoms with E-state index in [9.17, 15) is 4.79 Å². The lowest BCUT2D eigenvalue weighted by atomic mass is 10.1. The molecule has 1 saturated heterocycles. The van der Waals surface area contributed by atoms with Crippen LogP contribution in [-0.2, 0) is 0 Å². The predicted octanol–water partition coefficient (Wildman–Crippen LogP) is 3.83. The van der Waals surface area contributed by atoms with Crippen molar-refractivity contribution in [1.82, 2.24) is 0 Å². The highest BCUT2D eigenvalue weighted by Crippen LogP contribution is 2.31. The summed E-state index contributed by atoms with van der Waals surface area (Å²) in [5.74, 6) is 1.51. The summed E-state index contributed by atoms with van der Waals surface area (Å²) in [7, 11) is 0. The van der Waals surface area contributed by atoms with Crippen molar-refractivity contribution in [3.63, 3.8) is 0 Å². The van der Waals surface area contributed by atoms with Crippen LogP contribution in [0.15, 0.2) is 6.07 Å². The predicted molar refractivity (Wildman–Crippen MR) is 68.2 cm³/mol. The van der Waals surface area contributed by atoms with E-state index in [-0.39, 0.29) is 5.25 Å². The van der Waals surface area contributed by atoms with E-state index >= 15 is 0 Å². The van der Waals surface area contributed by atoms with E-state index in [2.05, 4.69) is 19.9 Å². The normalized spacial score (nSPS) is 21.6. The lowest BCUT2D eigenvalue weighted by molar-refractivity contribution is 0.0988. The number of aryl methyl sites for hydroxylation is 2. The smallest absolute Gasteiger partial charge is 0.185 e. The van der Waals surface area contributed by atoms with Crippen LogP contribution >= 0.6 is 23.1 Å². The first-order valence-corrected chi connectivity index (χ1v) is 7.28. The lowest BCUT2D eigenvalue weighted by Crippen LogP contribution is -2.20. The van der Waals surface area contributed by atoms with Gasteiger partial charge in [-0.05, 0) is 44.1 Å². The molecule has 1 aliphatic heterocycles. The maximum absolute atomic E-state index is 12.2. The molecule has 1 atom stereocenters. The molecule has 0 N–H and O–H groups in total.